The molecule has 3 aromatic rings. The highest BCUT2D eigenvalue weighted by Gasteiger charge is 1.93. The Balaban J connectivity index is 1.95. The molecular formula is C18H11Cl. The van der Waals surface area contributed by atoms with Crippen LogP contribution in [-0.4, -0.2) is 0 Å². The smallest absolute Gasteiger partial charge is 0.0406 e. The van der Waals surface area contributed by atoms with Gasteiger partial charge >= 0.3 is 0 Å². The maximum Gasteiger partial charge on any atom is 0.0406 e. The zero-order chi connectivity index (χ0) is 13.1. The lowest BCUT2D eigenvalue weighted by molar-refractivity contribution is 1.64. The Labute approximate surface area is 117 Å². The van der Waals surface area contributed by atoms with E-state index in [1.165, 1.54) is 10.8 Å². The number of hydrogen-bond donors (Lipinski definition) is 0. The molecule has 0 amide bonds. The van der Waals surface area contributed by atoms with E-state index in [0.717, 1.165) is 16.1 Å². The third kappa shape index (κ3) is 2.78. The van der Waals surface area contributed by atoms with Gasteiger partial charge < -0.3 is 0 Å². The number of fused-ring (bicyclic) bond motifs is 1. The quantitative estimate of drug-likeness (QED) is 0.506. The molecule has 1 heteroatoms. The van der Waals surface area contributed by atoms with E-state index in [4.69, 9.17) is 11.6 Å². The molecule has 0 N–H and O–H groups in total. The second-order valence-electron chi connectivity index (χ2n) is 4.32. The van der Waals surface area contributed by atoms with E-state index in [1.807, 2.05) is 42.5 Å². The van der Waals surface area contributed by atoms with E-state index < -0.39 is 0 Å². The predicted molar refractivity (Wildman–Crippen MR) is 81.4 cm³/mol. The molecule has 0 unspecified atom stereocenters. The van der Waals surface area contributed by atoms with Crippen LogP contribution in [0, 0.1) is 11.8 Å². The normalized spacial score (nSPS) is 9.95. The summed E-state index contributed by atoms with van der Waals surface area (Å²) in [5.41, 5.74) is 1.99. The standard InChI is InChI=1S/C18H11Cl/c19-18-11-8-14(9-12-18)5-6-15-7-10-16-3-1-2-4-17(16)13-15/h1-4,7-13H. The molecule has 3 aromatic carbocycles. The van der Waals surface area contributed by atoms with Gasteiger partial charge in [0.2, 0.25) is 0 Å². The molecule has 0 saturated heterocycles. The van der Waals surface area contributed by atoms with Gasteiger partial charge in [0.15, 0.2) is 0 Å². The Morgan fingerprint density at radius 3 is 2.05 bits per heavy atom. The van der Waals surface area contributed by atoms with Gasteiger partial charge in [-0.2, -0.15) is 0 Å². The third-order valence-corrected chi connectivity index (χ3v) is 3.20. The molecule has 0 aliphatic carbocycles. The summed E-state index contributed by atoms with van der Waals surface area (Å²) in [6, 6.07) is 22.1. The molecule has 3 rings (SSSR count). The third-order valence-electron chi connectivity index (χ3n) is 2.94. The first-order valence-corrected chi connectivity index (χ1v) is 6.45. The van der Waals surface area contributed by atoms with Crippen molar-refractivity contribution in [1.82, 2.24) is 0 Å². The van der Waals surface area contributed by atoms with Gasteiger partial charge in [0.05, 0.1) is 0 Å². The van der Waals surface area contributed by atoms with Crippen LogP contribution in [0.15, 0.2) is 66.7 Å². The monoisotopic (exact) mass is 262 g/mol. The van der Waals surface area contributed by atoms with Crippen LogP contribution >= 0.6 is 11.6 Å². The van der Waals surface area contributed by atoms with Gasteiger partial charge in [0, 0.05) is 16.1 Å². The molecule has 0 aromatic heterocycles. The van der Waals surface area contributed by atoms with Crippen LogP contribution in [0.1, 0.15) is 11.1 Å². The summed E-state index contributed by atoms with van der Waals surface area (Å²) in [4.78, 5) is 0. The first-order valence-electron chi connectivity index (χ1n) is 6.08. The lowest BCUT2D eigenvalue weighted by Crippen LogP contribution is -1.77. The Morgan fingerprint density at radius 1 is 0.632 bits per heavy atom. The molecule has 90 valence electrons. The number of hydrogen-bond acceptors (Lipinski definition) is 0. The Bertz CT molecular complexity index is 774. The van der Waals surface area contributed by atoms with Crippen molar-refractivity contribution in [2.75, 3.05) is 0 Å². The fraction of sp³-hybridized carbons (Fsp3) is 0. The van der Waals surface area contributed by atoms with Gasteiger partial charge in [-0.05, 0) is 47.2 Å². The lowest BCUT2D eigenvalue weighted by atomic mass is 10.1. The van der Waals surface area contributed by atoms with Crippen LogP contribution in [-0.2, 0) is 0 Å². The van der Waals surface area contributed by atoms with E-state index in [-0.39, 0.29) is 0 Å². The summed E-state index contributed by atoms with van der Waals surface area (Å²) >= 11 is 5.85. The largest absolute Gasteiger partial charge is 0.0843 e. The van der Waals surface area contributed by atoms with Crippen molar-refractivity contribution in [1.29, 1.82) is 0 Å². The van der Waals surface area contributed by atoms with Crippen molar-refractivity contribution < 1.29 is 0 Å². The van der Waals surface area contributed by atoms with Crippen molar-refractivity contribution in [2.45, 2.75) is 0 Å². The molecule has 0 radical (unpaired) electrons. The van der Waals surface area contributed by atoms with Gasteiger partial charge in [-0.25, -0.2) is 0 Å². The zero-order valence-electron chi connectivity index (χ0n) is 10.2. The topological polar surface area (TPSA) is 0 Å². The van der Waals surface area contributed by atoms with Crippen LogP contribution in [0.2, 0.25) is 5.02 Å². The predicted octanol–water partition coefficient (Wildman–Crippen LogP) is 4.89. The molecule has 0 aliphatic rings. The van der Waals surface area contributed by atoms with Gasteiger partial charge in [-0.3, -0.25) is 0 Å². The van der Waals surface area contributed by atoms with Crippen molar-refractivity contribution in [3.05, 3.63) is 82.9 Å². The average molecular weight is 263 g/mol. The summed E-state index contributed by atoms with van der Waals surface area (Å²) in [6.45, 7) is 0. The molecule has 0 aliphatic heterocycles. The van der Waals surface area contributed by atoms with Crippen molar-refractivity contribution in [3.63, 3.8) is 0 Å². The van der Waals surface area contributed by atoms with Gasteiger partial charge in [0.25, 0.3) is 0 Å². The fourth-order valence-corrected chi connectivity index (χ4v) is 2.07. The molecule has 19 heavy (non-hydrogen) atoms. The number of benzene rings is 3. The SMILES string of the molecule is Clc1ccc(C#Cc2ccc3ccccc3c2)cc1. The number of rotatable bonds is 0. The van der Waals surface area contributed by atoms with Gasteiger partial charge in [0.1, 0.15) is 0 Å². The second-order valence-corrected chi connectivity index (χ2v) is 4.76. The minimum absolute atomic E-state index is 0.733. The van der Waals surface area contributed by atoms with E-state index in [2.05, 4.69) is 36.1 Å². The molecule has 0 saturated carbocycles. The minimum atomic E-state index is 0.733. The molecule has 0 bridgehead atoms. The average Bonchev–Trinajstić information content (AvgIpc) is 2.46. The first-order chi connectivity index (χ1) is 9.31. The van der Waals surface area contributed by atoms with Crippen LogP contribution in [0.3, 0.4) is 0 Å². The molecule has 0 fully saturated rings. The molecule has 0 spiro atoms. The van der Waals surface area contributed by atoms with Crippen LogP contribution in [0.5, 0.6) is 0 Å². The Kier molecular flexibility index (Phi) is 3.23. The Morgan fingerprint density at radius 2 is 1.26 bits per heavy atom. The van der Waals surface area contributed by atoms with Crippen LogP contribution in [0.4, 0.5) is 0 Å². The maximum atomic E-state index is 5.85. The summed E-state index contributed by atoms with van der Waals surface area (Å²) in [7, 11) is 0. The van der Waals surface area contributed by atoms with Gasteiger partial charge in [-0.15, -0.1) is 0 Å². The summed E-state index contributed by atoms with van der Waals surface area (Å²) < 4.78 is 0. The van der Waals surface area contributed by atoms with Crippen molar-refractivity contribution in [3.8, 4) is 11.8 Å². The summed E-state index contributed by atoms with van der Waals surface area (Å²) in [5, 5.41) is 3.18. The molecule has 0 heterocycles. The van der Waals surface area contributed by atoms with Crippen LogP contribution in [0.25, 0.3) is 10.8 Å². The maximum absolute atomic E-state index is 5.85. The van der Waals surface area contributed by atoms with E-state index in [1.54, 1.807) is 0 Å². The highest BCUT2D eigenvalue weighted by atomic mass is 35.5. The highest BCUT2D eigenvalue weighted by Crippen LogP contribution is 2.15. The molecular weight excluding hydrogens is 252 g/mol. The van der Waals surface area contributed by atoms with Crippen molar-refractivity contribution >= 4 is 22.4 Å². The number of halogens is 1. The van der Waals surface area contributed by atoms with Crippen molar-refractivity contribution in [2.24, 2.45) is 0 Å². The summed E-state index contributed by atoms with van der Waals surface area (Å²) in [5.74, 6) is 6.32. The molecule has 0 nitrogen and oxygen atoms in total. The highest BCUT2D eigenvalue weighted by molar-refractivity contribution is 6.30. The van der Waals surface area contributed by atoms with E-state index in [0.29, 0.717) is 0 Å². The Hall–Kier alpha value is -2.23. The second kappa shape index (κ2) is 5.18. The summed E-state index contributed by atoms with van der Waals surface area (Å²) in [6.07, 6.45) is 0. The van der Waals surface area contributed by atoms with E-state index >= 15 is 0 Å². The van der Waals surface area contributed by atoms with Crippen LogP contribution < -0.4 is 0 Å². The minimum Gasteiger partial charge on any atom is -0.0843 e. The first kappa shape index (κ1) is 11.8. The zero-order valence-corrected chi connectivity index (χ0v) is 11.0. The fourth-order valence-electron chi connectivity index (χ4n) is 1.94. The lowest BCUT2D eigenvalue weighted by Gasteiger charge is -1.97. The van der Waals surface area contributed by atoms with Gasteiger partial charge in [-0.1, -0.05) is 53.8 Å². The molecule has 0 atom stereocenters. The van der Waals surface area contributed by atoms with E-state index in [9.17, 15) is 0 Å².